The van der Waals surface area contributed by atoms with Crippen molar-refractivity contribution in [3.05, 3.63) is 130 Å². The van der Waals surface area contributed by atoms with Crippen LogP contribution in [0.1, 0.15) is 74.2 Å². The van der Waals surface area contributed by atoms with Gasteiger partial charge in [-0.05, 0) is 77.5 Å². The maximum absolute atomic E-state index is 14.3. The van der Waals surface area contributed by atoms with Crippen LogP contribution in [0.25, 0.3) is 16.9 Å². The summed E-state index contributed by atoms with van der Waals surface area (Å²) in [6.07, 6.45) is 3.13. The highest BCUT2D eigenvalue weighted by atomic mass is 35.5. The number of rotatable bonds is 8. The second kappa shape index (κ2) is 13.6. The Labute approximate surface area is 292 Å². The van der Waals surface area contributed by atoms with Crippen LogP contribution in [0.15, 0.2) is 97.1 Å². The summed E-state index contributed by atoms with van der Waals surface area (Å²) in [6, 6.07) is 31.0. The number of carbonyl (C=O) groups is 1. The molecule has 0 spiro atoms. The predicted molar refractivity (Wildman–Crippen MR) is 194 cm³/mol. The normalized spacial score (nSPS) is 17.0. The molecule has 1 saturated carbocycles. The van der Waals surface area contributed by atoms with Gasteiger partial charge < -0.3 is 9.53 Å². The molecule has 4 aromatic carbocycles. The minimum absolute atomic E-state index is 0.0994. The van der Waals surface area contributed by atoms with Crippen LogP contribution in [0.4, 0.5) is 4.39 Å². The first-order valence-corrected chi connectivity index (χ1v) is 18.9. The molecule has 9 heteroatoms. The van der Waals surface area contributed by atoms with Crippen LogP contribution in [-0.4, -0.2) is 35.0 Å². The number of halogens is 3. The Morgan fingerprint density at radius 3 is 2.17 bits per heavy atom. The minimum atomic E-state index is -2.84. The first kappa shape index (κ1) is 34.1. The fourth-order valence-electron chi connectivity index (χ4n) is 7.27. The van der Waals surface area contributed by atoms with E-state index in [1.807, 2.05) is 35.8 Å². The van der Waals surface area contributed by atoms with Crippen molar-refractivity contribution < 1.29 is 18.7 Å². The Bertz CT molecular complexity index is 1900. The zero-order valence-electron chi connectivity index (χ0n) is 27.5. The van der Waals surface area contributed by atoms with Crippen molar-refractivity contribution in [2.45, 2.75) is 70.4 Å². The summed E-state index contributed by atoms with van der Waals surface area (Å²) in [6.45, 7) is 8.77. The number of carboxylic acids is 1. The van der Waals surface area contributed by atoms with Gasteiger partial charge in [-0.15, -0.1) is 0 Å². The molecule has 48 heavy (non-hydrogen) atoms. The number of hydrogen-bond acceptors (Lipinski definition) is 3. The molecule has 0 radical (unpaired) electrons. The third kappa shape index (κ3) is 6.37. The Hall–Kier alpha value is -3.75. The molecule has 248 valence electrons. The number of carboxylic acid groups (broad SMARTS) is 1. The molecule has 1 heterocycles. The van der Waals surface area contributed by atoms with Gasteiger partial charge in [0.05, 0.1) is 16.4 Å². The molecule has 5 nitrogen and oxygen atoms in total. The first-order chi connectivity index (χ1) is 22.9. The van der Waals surface area contributed by atoms with Gasteiger partial charge in [0.25, 0.3) is 8.32 Å². The van der Waals surface area contributed by atoms with Crippen molar-refractivity contribution in [1.29, 1.82) is 0 Å². The van der Waals surface area contributed by atoms with Crippen LogP contribution in [0.3, 0.4) is 0 Å². The number of hydrogen-bond donors (Lipinski definition) is 1. The molecule has 0 amide bonds. The van der Waals surface area contributed by atoms with Gasteiger partial charge in [-0.2, -0.15) is 0 Å². The van der Waals surface area contributed by atoms with Gasteiger partial charge in [-0.25, -0.2) is 14.2 Å². The number of aromatic nitrogens is 2. The third-order valence-electron chi connectivity index (χ3n) is 9.46. The molecular formula is C39H39Cl2FN2O3Si. The molecule has 6 rings (SSSR count). The van der Waals surface area contributed by atoms with Crippen molar-refractivity contribution in [3.8, 4) is 16.9 Å². The number of nitrogens with zero attached hydrogens (tertiary/aromatic N) is 2. The van der Waals surface area contributed by atoms with Gasteiger partial charge in [-0.1, -0.05) is 117 Å². The third-order valence-corrected chi connectivity index (χ3v) is 15.1. The SMILES string of the molecule is Cc1ccc(Cl)cc1-n1c(C2CCCC(O[Si](c3ccccc3)(c3ccccc3)C(C)(C)C)C2)nc(C(=O)O)c1-c1ccc(F)c(Cl)c1. The van der Waals surface area contributed by atoms with E-state index in [4.69, 9.17) is 32.6 Å². The number of benzene rings is 4. The van der Waals surface area contributed by atoms with Crippen molar-refractivity contribution in [2.24, 2.45) is 0 Å². The smallest absolute Gasteiger partial charge is 0.356 e. The van der Waals surface area contributed by atoms with E-state index in [0.717, 1.165) is 24.8 Å². The molecule has 1 fully saturated rings. The second-order valence-corrected chi connectivity index (χ2v) is 18.7. The van der Waals surface area contributed by atoms with Gasteiger partial charge in [0.2, 0.25) is 0 Å². The Balaban J connectivity index is 1.50. The summed E-state index contributed by atoms with van der Waals surface area (Å²) in [5.74, 6) is -1.27. The molecule has 5 aromatic rings. The molecule has 0 aliphatic heterocycles. The van der Waals surface area contributed by atoms with Crippen molar-refractivity contribution in [2.75, 3.05) is 0 Å². The molecule has 2 unspecified atom stereocenters. The van der Waals surface area contributed by atoms with Gasteiger partial charge >= 0.3 is 5.97 Å². The van der Waals surface area contributed by atoms with E-state index >= 15 is 0 Å². The van der Waals surface area contributed by atoms with E-state index in [9.17, 15) is 14.3 Å². The van der Waals surface area contributed by atoms with Crippen molar-refractivity contribution >= 4 is 47.9 Å². The van der Waals surface area contributed by atoms with Crippen LogP contribution in [-0.2, 0) is 4.43 Å². The van der Waals surface area contributed by atoms with E-state index in [2.05, 4.69) is 69.3 Å². The summed E-state index contributed by atoms with van der Waals surface area (Å²) in [5.41, 5.74) is 2.26. The molecule has 1 aromatic heterocycles. The largest absolute Gasteiger partial charge is 0.476 e. The molecule has 0 bridgehead atoms. The topological polar surface area (TPSA) is 64.4 Å². The average Bonchev–Trinajstić information content (AvgIpc) is 3.47. The Morgan fingerprint density at radius 2 is 1.58 bits per heavy atom. The number of imidazole rings is 1. The molecular weight excluding hydrogens is 662 g/mol. The summed E-state index contributed by atoms with van der Waals surface area (Å²) in [5, 5.41) is 13.1. The summed E-state index contributed by atoms with van der Waals surface area (Å²) in [4.78, 5) is 17.7. The quantitative estimate of drug-likeness (QED) is 0.164. The lowest BCUT2D eigenvalue weighted by Gasteiger charge is -2.46. The summed E-state index contributed by atoms with van der Waals surface area (Å²) in [7, 11) is -2.84. The predicted octanol–water partition coefficient (Wildman–Crippen LogP) is 9.59. The highest BCUT2D eigenvalue weighted by molar-refractivity contribution is 6.99. The number of aryl methyl sites for hydroxylation is 1. The summed E-state index contributed by atoms with van der Waals surface area (Å²) < 4.78 is 23.8. The second-order valence-electron chi connectivity index (χ2n) is 13.6. The van der Waals surface area contributed by atoms with Crippen LogP contribution >= 0.6 is 23.2 Å². The van der Waals surface area contributed by atoms with E-state index in [1.54, 1.807) is 12.1 Å². The standard InChI is InChI=1S/C39H39Cl2FN2O3Si/c1-25-18-20-28(40)24-34(25)44-36(26-19-21-33(42)32(41)23-26)35(38(45)46)43-37(44)27-12-11-13-29(22-27)47-48(39(2,3)4,30-14-7-5-8-15-30)31-16-9-6-10-17-31/h5-10,14-21,23-24,27,29H,11-13,22H2,1-4H3,(H,45,46). The highest BCUT2D eigenvalue weighted by Gasteiger charge is 2.52. The van der Waals surface area contributed by atoms with Gasteiger partial charge in [0, 0.05) is 22.6 Å². The maximum atomic E-state index is 14.3. The van der Waals surface area contributed by atoms with E-state index in [1.165, 1.54) is 22.5 Å². The van der Waals surface area contributed by atoms with Crippen LogP contribution in [0, 0.1) is 12.7 Å². The molecule has 1 aliphatic carbocycles. The zero-order chi connectivity index (χ0) is 34.2. The lowest BCUT2D eigenvalue weighted by Crippen LogP contribution is -2.67. The summed E-state index contributed by atoms with van der Waals surface area (Å²) >= 11 is 12.8. The van der Waals surface area contributed by atoms with Crippen LogP contribution in [0.2, 0.25) is 15.1 Å². The first-order valence-electron chi connectivity index (χ1n) is 16.3. The molecule has 1 aliphatic rings. The lowest BCUT2D eigenvalue weighted by atomic mass is 9.86. The lowest BCUT2D eigenvalue weighted by molar-refractivity contribution is 0.0691. The van der Waals surface area contributed by atoms with Crippen LogP contribution in [0.5, 0.6) is 0 Å². The van der Waals surface area contributed by atoms with E-state index < -0.39 is 20.1 Å². The number of aromatic carboxylic acids is 1. The van der Waals surface area contributed by atoms with Gasteiger partial charge in [0.1, 0.15) is 11.6 Å². The Morgan fingerprint density at radius 1 is 0.938 bits per heavy atom. The molecule has 1 N–H and O–H groups in total. The Kier molecular flexibility index (Phi) is 9.69. The monoisotopic (exact) mass is 700 g/mol. The molecule has 2 atom stereocenters. The fraction of sp³-hybridized carbons (Fsp3) is 0.282. The van der Waals surface area contributed by atoms with E-state index in [-0.39, 0.29) is 27.8 Å². The maximum Gasteiger partial charge on any atom is 0.356 e. The van der Waals surface area contributed by atoms with Gasteiger partial charge in [0.15, 0.2) is 5.69 Å². The zero-order valence-corrected chi connectivity index (χ0v) is 30.0. The van der Waals surface area contributed by atoms with Gasteiger partial charge in [-0.3, -0.25) is 4.57 Å². The van der Waals surface area contributed by atoms with Crippen LogP contribution < -0.4 is 10.4 Å². The van der Waals surface area contributed by atoms with Crippen molar-refractivity contribution in [3.63, 3.8) is 0 Å². The highest BCUT2D eigenvalue weighted by Crippen LogP contribution is 2.44. The van der Waals surface area contributed by atoms with Crippen molar-refractivity contribution in [1.82, 2.24) is 9.55 Å². The fourth-order valence-corrected chi connectivity index (χ4v) is 12.3. The minimum Gasteiger partial charge on any atom is -0.476 e. The average molecular weight is 702 g/mol. The van der Waals surface area contributed by atoms with E-state index in [0.29, 0.717) is 34.2 Å². The molecule has 0 saturated heterocycles.